The Balaban J connectivity index is 1.53. The van der Waals surface area contributed by atoms with E-state index in [9.17, 15) is 14.0 Å². The lowest BCUT2D eigenvalue weighted by Gasteiger charge is -2.39. The van der Waals surface area contributed by atoms with Crippen molar-refractivity contribution in [3.63, 3.8) is 0 Å². The molecule has 3 rings (SSSR count). The highest BCUT2D eigenvalue weighted by atomic mass is 19.1. The van der Waals surface area contributed by atoms with Crippen molar-refractivity contribution in [1.29, 1.82) is 0 Å². The molecule has 2 N–H and O–H groups in total. The van der Waals surface area contributed by atoms with E-state index in [2.05, 4.69) is 10.6 Å². The molecule has 6 heteroatoms. The fourth-order valence-corrected chi connectivity index (χ4v) is 3.48. The Morgan fingerprint density at radius 2 is 1.64 bits per heavy atom. The van der Waals surface area contributed by atoms with Crippen molar-refractivity contribution >= 4 is 11.9 Å². The summed E-state index contributed by atoms with van der Waals surface area (Å²) in [5.74, 6) is -0.337. The molecule has 1 heterocycles. The van der Waals surface area contributed by atoms with Gasteiger partial charge in [0.15, 0.2) is 0 Å². The first-order valence-electron chi connectivity index (χ1n) is 9.56. The maximum atomic E-state index is 13.0. The van der Waals surface area contributed by atoms with Crippen LogP contribution in [-0.2, 0) is 17.9 Å². The van der Waals surface area contributed by atoms with E-state index >= 15 is 0 Å². The number of hydrogen-bond acceptors (Lipinski definition) is 2. The van der Waals surface area contributed by atoms with Crippen LogP contribution in [0.15, 0.2) is 54.6 Å². The van der Waals surface area contributed by atoms with Gasteiger partial charge >= 0.3 is 6.03 Å². The lowest BCUT2D eigenvalue weighted by molar-refractivity contribution is -0.132. The van der Waals surface area contributed by atoms with Gasteiger partial charge in [-0.3, -0.25) is 4.79 Å². The second-order valence-electron chi connectivity index (χ2n) is 7.54. The van der Waals surface area contributed by atoms with Crippen LogP contribution in [0, 0.1) is 11.2 Å². The summed E-state index contributed by atoms with van der Waals surface area (Å²) in [5.41, 5.74) is 1.26. The van der Waals surface area contributed by atoms with Crippen molar-refractivity contribution in [1.82, 2.24) is 15.5 Å². The molecule has 1 fully saturated rings. The monoisotopic (exact) mass is 383 g/mol. The van der Waals surface area contributed by atoms with Crippen molar-refractivity contribution in [2.45, 2.75) is 32.9 Å². The minimum Gasteiger partial charge on any atom is -0.351 e. The third kappa shape index (κ3) is 5.09. The SMILES string of the molecule is C[C@@]1(C(=O)NCc2ccccc2)CCCN(C(=O)NCc2ccc(F)cc2)C1. The Hall–Kier alpha value is -2.89. The van der Waals surface area contributed by atoms with Gasteiger partial charge in [0.1, 0.15) is 5.82 Å². The summed E-state index contributed by atoms with van der Waals surface area (Å²) in [7, 11) is 0. The minimum atomic E-state index is -0.611. The fraction of sp³-hybridized carbons (Fsp3) is 0.364. The van der Waals surface area contributed by atoms with Crippen LogP contribution in [0.3, 0.4) is 0 Å². The maximum Gasteiger partial charge on any atom is 0.317 e. The number of nitrogens with zero attached hydrogens (tertiary/aromatic N) is 1. The van der Waals surface area contributed by atoms with Gasteiger partial charge in [-0.1, -0.05) is 42.5 Å². The third-order valence-electron chi connectivity index (χ3n) is 5.18. The quantitative estimate of drug-likeness (QED) is 0.831. The standard InChI is InChI=1S/C22H26FN3O2/c1-22(20(27)24-14-17-6-3-2-4-7-17)12-5-13-26(16-22)21(28)25-15-18-8-10-19(23)11-9-18/h2-4,6-11H,5,12-16H2,1H3,(H,24,27)(H,25,28)/t22-/m1/s1. The average molecular weight is 383 g/mol. The number of halogens is 1. The van der Waals surface area contributed by atoms with E-state index in [0.717, 1.165) is 24.0 Å². The van der Waals surface area contributed by atoms with Crippen molar-refractivity contribution in [2.75, 3.05) is 13.1 Å². The molecule has 0 saturated carbocycles. The number of carbonyl (C=O) groups excluding carboxylic acids is 2. The molecule has 1 saturated heterocycles. The molecular formula is C22H26FN3O2. The largest absolute Gasteiger partial charge is 0.351 e. The number of rotatable bonds is 5. The molecule has 2 aromatic rings. The van der Waals surface area contributed by atoms with E-state index in [4.69, 9.17) is 0 Å². The van der Waals surface area contributed by atoms with Gasteiger partial charge in [-0.15, -0.1) is 0 Å². The van der Waals surface area contributed by atoms with E-state index in [1.807, 2.05) is 37.3 Å². The van der Waals surface area contributed by atoms with Gasteiger partial charge in [-0.2, -0.15) is 0 Å². The number of nitrogens with one attached hydrogen (secondary N) is 2. The average Bonchev–Trinajstić information content (AvgIpc) is 2.72. The zero-order chi connectivity index (χ0) is 20.0. The third-order valence-corrected chi connectivity index (χ3v) is 5.18. The second kappa shape index (κ2) is 8.87. The molecule has 1 atom stereocenters. The van der Waals surface area contributed by atoms with Crippen LogP contribution >= 0.6 is 0 Å². The molecular weight excluding hydrogens is 357 g/mol. The van der Waals surface area contributed by atoms with E-state index in [0.29, 0.717) is 26.2 Å². The van der Waals surface area contributed by atoms with Crippen molar-refractivity contribution in [2.24, 2.45) is 5.41 Å². The molecule has 148 valence electrons. The molecule has 0 aromatic heterocycles. The molecule has 1 aliphatic rings. The lowest BCUT2D eigenvalue weighted by Crippen LogP contribution is -2.53. The van der Waals surface area contributed by atoms with Crippen LogP contribution in [0.4, 0.5) is 9.18 Å². The first-order valence-corrected chi connectivity index (χ1v) is 9.56. The molecule has 2 aromatic carbocycles. The first-order chi connectivity index (χ1) is 13.5. The predicted molar refractivity (Wildman–Crippen MR) is 106 cm³/mol. The maximum absolute atomic E-state index is 13.0. The van der Waals surface area contributed by atoms with Gasteiger partial charge in [-0.25, -0.2) is 9.18 Å². The Kier molecular flexibility index (Phi) is 6.29. The van der Waals surface area contributed by atoms with Crippen molar-refractivity contribution < 1.29 is 14.0 Å². The summed E-state index contributed by atoms with van der Waals surface area (Å²) in [4.78, 5) is 27.0. The van der Waals surface area contributed by atoms with Crippen LogP contribution in [0.1, 0.15) is 30.9 Å². The molecule has 5 nitrogen and oxygen atoms in total. The highest BCUT2D eigenvalue weighted by Crippen LogP contribution is 2.30. The molecule has 1 aliphatic heterocycles. The van der Waals surface area contributed by atoms with Crippen molar-refractivity contribution in [3.8, 4) is 0 Å². The van der Waals surface area contributed by atoms with E-state index in [1.54, 1.807) is 17.0 Å². The first kappa shape index (κ1) is 19.9. The van der Waals surface area contributed by atoms with E-state index in [1.165, 1.54) is 12.1 Å². The Morgan fingerprint density at radius 1 is 1.00 bits per heavy atom. The number of benzene rings is 2. The number of carbonyl (C=O) groups is 2. The Bertz CT molecular complexity index is 810. The molecule has 0 aliphatic carbocycles. The summed E-state index contributed by atoms with van der Waals surface area (Å²) in [6, 6.07) is 15.6. The zero-order valence-electron chi connectivity index (χ0n) is 16.1. The summed E-state index contributed by atoms with van der Waals surface area (Å²) < 4.78 is 13.0. The number of amides is 3. The summed E-state index contributed by atoms with van der Waals surface area (Å²) in [6.07, 6.45) is 1.52. The molecule has 0 bridgehead atoms. The van der Waals surface area contributed by atoms with Crippen LogP contribution < -0.4 is 10.6 Å². The van der Waals surface area contributed by atoms with Crippen LogP contribution in [0.2, 0.25) is 0 Å². The number of likely N-dealkylation sites (tertiary alicyclic amines) is 1. The summed E-state index contributed by atoms with van der Waals surface area (Å²) in [5, 5.41) is 5.85. The van der Waals surface area contributed by atoms with Gasteiger partial charge in [-0.05, 0) is 43.0 Å². The van der Waals surface area contributed by atoms with Gasteiger partial charge in [0.2, 0.25) is 5.91 Å². The normalized spacial score (nSPS) is 19.1. The highest BCUT2D eigenvalue weighted by molar-refractivity contribution is 5.84. The summed E-state index contributed by atoms with van der Waals surface area (Å²) >= 11 is 0. The minimum absolute atomic E-state index is 0.0348. The highest BCUT2D eigenvalue weighted by Gasteiger charge is 2.39. The molecule has 0 radical (unpaired) electrons. The van der Waals surface area contributed by atoms with Crippen LogP contribution in [0.25, 0.3) is 0 Å². The predicted octanol–water partition coefficient (Wildman–Crippen LogP) is 3.45. The number of urea groups is 1. The number of piperidine rings is 1. The van der Waals surface area contributed by atoms with E-state index < -0.39 is 5.41 Å². The zero-order valence-corrected chi connectivity index (χ0v) is 16.1. The topological polar surface area (TPSA) is 61.4 Å². The number of hydrogen-bond donors (Lipinski definition) is 2. The van der Waals surface area contributed by atoms with Crippen molar-refractivity contribution in [3.05, 3.63) is 71.5 Å². The lowest BCUT2D eigenvalue weighted by atomic mass is 9.81. The molecule has 0 unspecified atom stereocenters. The van der Waals surface area contributed by atoms with Gasteiger partial charge in [0, 0.05) is 26.2 Å². The second-order valence-corrected chi connectivity index (χ2v) is 7.54. The van der Waals surface area contributed by atoms with Gasteiger partial charge in [0.25, 0.3) is 0 Å². The van der Waals surface area contributed by atoms with E-state index in [-0.39, 0.29) is 17.8 Å². The van der Waals surface area contributed by atoms with Gasteiger partial charge in [0.05, 0.1) is 5.41 Å². The Morgan fingerprint density at radius 3 is 2.36 bits per heavy atom. The molecule has 3 amide bonds. The van der Waals surface area contributed by atoms with Gasteiger partial charge < -0.3 is 15.5 Å². The summed E-state index contributed by atoms with van der Waals surface area (Å²) in [6.45, 7) is 3.71. The molecule has 28 heavy (non-hydrogen) atoms. The van der Waals surface area contributed by atoms with Crippen LogP contribution in [-0.4, -0.2) is 29.9 Å². The van der Waals surface area contributed by atoms with Crippen LogP contribution in [0.5, 0.6) is 0 Å². The Labute approximate surface area is 164 Å². The molecule has 0 spiro atoms. The fourth-order valence-electron chi connectivity index (χ4n) is 3.48. The smallest absolute Gasteiger partial charge is 0.317 e.